The highest BCUT2D eigenvalue weighted by atomic mass is 16.7. The first-order valence-electron chi connectivity index (χ1n) is 4.01. The molecule has 0 heterocycles. The van der Waals surface area contributed by atoms with Gasteiger partial charge in [-0.25, -0.2) is 9.86 Å². The second-order valence-corrected chi connectivity index (χ2v) is 2.66. The zero-order chi connectivity index (χ0) is 10.6. The minimum atomic E-state index is -0.405. The number of hydrogen-bond acceptors (Lipinski definition) is 3. The van der Waals surface area contributed by atoms with Gasteiger partial charge < -0.3 is 10.4 Å². The van der Waals surface area contributed by atoms with Gasteiger partial charge in [0.25, 0.3) is 0 Å². The molecule has 1 aromatic carbocycles. The number of hydroxylamine groups is 2. The molecule has 0 radical (unpaired) electrons. The number of benzene rings is 1. The van der Waals surface area contributed by atoms with Crippen LogP contribution in [-0.2, 0) is 4.84 Å². The third-order valence-electron chi connectivity index (χ3n) is 1.66. The first-order valence-corrected chi connectivity index (χ1v) is 4.01. The number of phenolic OH excluding ortho intramolecular Hbond substituents is 1. The number of nitrogens with one attached hydrogen (secondary N) is 1. The average Bonchev–Trinajstić information content (AvgIpc) is 2.16. The van der Waals surface area contributed by atoms with Crippen LogP contribution in [0.1, 0.15) is 0 Å². The molecule has 76 valence electrons. The zero-order valence-corrected chi connectivity index (χ0v) is 8.02. The van der Waals surface area contributed by atoms with Gasteiger partial charge in [0.05, 0.1) is 7.11 Å². The summed E-state index contributed by atoms with van der Waals surface area (Å²) in [7, 11) is 2.88. The number of amides is 2. The zero-order valence-electron chi connectivity index (χ0n) is 8.02. The normalized spacial score (nSPS) is 9.57. The van der Waals surface area contributed by atoms with Crippen molar-refractivity contribution in [1.29, 1.82) is 0 Å². The minimum Gasteiger partial charge on any atom is -0.508 e. The van der Waals surface area contributed by atoms with E-state index in [4.69, 9.17) is 5.11 Å². The Morgan fingerprint density at radius 1 is 1.57 bits per heavy atom. The maximum Gasteiger partial charge on any atom is 0.345 e. The van der Waals surface area contributed by atoms with Crippen molar-refractivity contribution < 1.29 is 14.7 Å². The van der Waals surface area contributed by atoms with Crippen molar-refractivity contribution in [3.63, 3.8) is 0 Å². The molecule has 0 saturated carbocycles. The fourth-order valence-corrected chi connectivity index (χ4v) is 0.869. The molecular formula is C9H12N2O3. The number of aromatic hydroxyl groups is 1. The fourth-order valence-electron chi connectivity index (χ4n) is 0.869. The van der Waals surface area contributed by atoms with Crippen LogP contribution in [-0.4, -0.2) is 30.4 Å². The van der Waals surface area contributed by atoms with Crippen LogP contribution in [0.25, 0.3) is 0 Å². The molecule has 14 heavy (non-hydrogen) atoms. The standard InChI is InChI=1S/C9H12N2O3/c1-11(14-2)9(13)10-7-4-3-5-8(12)6-7/h3-6,12H,1-2H3,(H,10,13). The molecule has 5 nitrogen and oxygen atoms in total. The number of rotatable bonds is 2. The van der Waals surface area contributed by atoms with E-state index in [9.17, 15) is 4.79 Å². The number of hydrogen-bond donors (Lipinski definition) is 2. The van der Waals surface area contributed by atoms with Gasteiger partial charge in [0.2, 0.25) is 0 Å². The first kappa shape index (κ1) is 10.3. The van der Waals surface area contributed by atoms with Crippen LogP contribution in [0.5, 0.6) is 5.75 Å². The predicted octanol–water partition coefficient (Wildman–Crippen LogP) is 1.42. The van der Waals surface area contributed by atoms with Crippen LogP contribution < -0.4 is 5.32 Å². The third kappa shape index (κ3) is 2.63. The molecule has 0 aliphatic rings. The summed E-state index contributed by atoms with van der Waals surface area (Å²) in [5.41, 5.74) is 0.513. The number of urea groups is 1. The SMILES string of the molecule is CON(C)C(=O)Nc1cccc(O)c1. The summed E-state index contributed by atoms with van der Waals surface area (Å²) in [6.45, 7) is 0. The lowest BCUT2D eigenvalue weighted by Crippen LogP contribution is -2.30. The molecule has 0 atom stereocenters. The molecule has 5 heteroatoms. The highest BCUT2D eigenvalue weighted by Crippen LogP contribution is 2.15. The molecule has 0 bridgehead atoms. The van der Waals surface area contributed by atoms with Gasteiger partial charge in [-0.1, -0.05) is 6.07 Å². The number of phenols is 1. The second-order valence-electron chi connectivity index (χ2n) is 2.66. The van der Waals surface area contributed by atoms with Gasteiger partial charge in [-0.3, -0.25) is 4.84 Å². The molecule has 1 rings (SSSR count). The van der Waals surface area contributed by atoms with Crippen molar-refractivity contribution in [3.05, 3.63) is 24.3 Å². The Morgan fingerprint density at radius 2 is 2.29 bits per heavy atom. The predicted molar refractivity (Wildman–Crippen MR) is 51.9 cm³/mol. The van der Waals surface area contributed by atoms with E-state index < -0.39 is 6.03 Å². The van der Waals surface area contributed by atoms with E-state index in [0.717, 1.165) is 5.06 Å². The van der Waals surface area contributed by atoms with Gasteiger partial charge in [0, 0.05) is 18.8 Å². The summed E-state index contributed by atoms with van der Waals surface area (Å²) in [6, 6.07) is 5.87. The quantitative estimate of drug-likeness (QED) is 0.703. The van der Waals surface area contributed by atoms with Crippen LogP contribution in [0.2, 0.25) is 0 Å². The maximum absolute atomic E-state index is 11.3. The lowest BCUT2D eigenvalue weighted by Gasteiger charge is -2.14. The van der Waals surface area contributed by atoms with Crippen LogP contribution >= 0.6 is 0 Å². The van der Waals surface area contributed by atoms with Gasteiger partial charge >= 0.3 is 6.03 Å². The van der Waals surface area contributed by atoms with E-state index in [1.54, 1.807) is 12.1 Å². The summed E-state index contributed by atoms with van der Waals surface area (Å²) in [5, 5.41) is 12.7. The number of carbonyl (C=O) groups is 1. The average molecular weight is 196 g/mol. The summed E-state index contributed by atoms with van der Waals surface area (Å²) in [6.07, 6.45) is 0. The Bertz CT molecular complexity index is 328. The maximum atomic E-state index is 11.3. The van der Waals surface area contributed by atoms with E-state index in [2.05, 4.69) is 10.2 Å². The number of nitrogens with zero attached hydrogens (tertiary/aromatic N) is 1. The third-order valence-corrected chi connectivity index (χ3v) is 1.66. The van der Waals surface area contributed by atoms with Crippen LogP contribution in [0.3, 0.4) is 0 Å². The van der Waals surface area contributed by atoms with Crippen LogP contribution in [0.4, 0.5) is 10.5 Å². The highest BCUT2D eigenvalue weighted by molar-refractivity contribution is 5.88. The topological polar surface area (TPSA) is 61.8 Å². The summed E-state index contributed by atoms with van der Waals surface area (Å²) in [5.74, 6) is 0.0999. The lowest BCUT2D eigenvalue weighted by atomic mass is 10.3. The lowest BCUT2D eigenvalue weighted by molar-refractivity contribution is -0.0598. The molecule has 2 N–H and O–H groups in total. The summed E-state index contributed by atoms with van der Waals surface area (Å²) >= 11 is 0. The van der Waals surface area contributed by atoms with Crippen molar-refractivity contribution >= 4 is 11.7 Å². The van der Waals surface area contributed by atoms with E-state index in [-0.39, 0.29) is 5.75 Å². The van der Waals surface area contributed by atoms with Crippen LogP contribution in [0.15, 0.2) is 24.3 Å². The Morgan fingerprint density at radius 3 is 2.86 bits per heavy atom. The molecule has 0 aliphatic heterocycles. The Balaban J connectivity index is 2.65. The van der Waals surface area contributed by atoms with Crippen molar-refractivity contribution in [2.45, 2.75) is 0 Å². The Hall–Kier alpha value is -1.75. The number of carbonyl (C=O) groups excluding carboxylic acids is 1. The molecule has 0 spiro atoms. The summed E-state index contributed by atoms with van der Waals surface area (Å²) < 4.78 is 0. The molecule has 0 aliphatic carbocycles. The monoisotopic (exact) mass is 196 g/mol. The van der Waals surface area contributed by atoms with Crippen molar-refractivity contribution in [2.75, 3.05) is 19.5 Å². The Kier molecular flexibility index (Phi) is 3.30. The molecule has 2 amide bonds. The number of anilines is 1. The summed E-state index contributed by atoms with van der Waals surface area (Å²) in [4.78, 5) is 15.9. The highest BCUT2D eigenvalue weighted by Gasteiger charge is 2.07. The van der Waals surface area contributed by atoms with Gasteiger partial charge in [-0.15, -0.1) is 0 Å². The van der Waals surface area contributed by atoms with E-state index >= 15 is 0 Å². The molecular weight excluding hydrogens is 184 g/mol. The van der Waals surface area contributed by atoms with E-state index in [1.165, 1.54) is 26.3 Å². The first-order chi connectivity index (χ1) is 6.63. The molecule has 1 aromatic rings. The molecule has 0 fully saturated rings. The molecule has 0 aromatic heterocycles. The Labute approximate surface area is 81.9 Å². The smallest absolute Gasteiger partial charge is 0.345 e. The van der Waals surface area contributed by atoms with Gasteiger partial charge in [-0.2, -0.15) is 0 Å². The minimum absolute atomic E-state index is 0.0999. The van der Waals surface area contributed by atoms with Gasteiger partial charge in [0.15, 0.2) is 0 Å². The fraction of sp³-hybridized carbons (Fsp3) is 0.222. The van der Waals surface area contributed by atoms with Crippen LogP contribution in [0, 0.1) is 0 Å². The van der Waals surface area contributed by atoms with Gasteiger partial charge in [0.1, 0.15) is 5.75 Å². The van der Waals surface area contributed by atoms with Crippen molar-refractivity contribution in [1.82, 2.24) is 5.06 Å². The van der Waals surface area contributed by atoms with Crippen molar-refractivity contribution in [3.8, 4) is 5.75 Å². The largest absolute Gasteiger partial charge is 0.508 e. The molecule has 0 unspecified atom stereocenters. The molecule has 0 saturated heterocycles. The van der Waals surface area contributed by atoms with E-state index in [0.29, 0.717) is 5.69 Å². The van der Waals surface area contributed by atoms with Gasteiger partial charge in [-0.05, 0) is 12.1 Å². The van der Waals surface area contributed by atoms with E-state index in [1.807, 2.05) is 0 Å². The second kappa shape index (κ2) is 4.48. The van der Waals surface area contributed by atoms with Crippen molar-refractivity contribution in [2.24, 2.45) is 0 Å².